The van der Waals surface area contributed by atoms with Gasteiger partial charge in [0, 0.05) is 30.1 Å². The van der Waals surface area contributed by atoms with Crippen LogP contribution in [0.3, 0.4) is 0 Å². The number of hydrogen-bond acceptors (Lipinski definition) is 4. The van der Waals surface area contributed by atoms with E-state index in [-0.39, 0.29) is 11.9 Å². The van der Waals surface area contributed by atoms with E-state index >= 15 is 0 Å². The number of thiophene rings is 1. The van der Waals surface area contributed by atoms with Crippen LogP contribution >= 0.6 is 27.3 Å². The van der Waals surface area contributed by atoms with E-state index in [0.29, 0.717) is 4.21 Å². The lowest BCUT2D eigenvalue weighted by molar-refractivity contribution is 0.199. The second-order valence-electron chi connectivity index (χ2n) is 5.84. The molecule has 1 aromatic heterocycles. The van der Waals surface area contributed by atoms with Crippen LogP contribution in [-0.4, -0.2) is 32.4 Å². The summed E-state index contributed by atoms with van der Waals surface area (Å²) in [7, 11) is -3.40. The molecule has 130 valence electrons. The zero-order chi connectivity index (χ0) is 17.2. The Balaban J connectivity index is 1.54. The van der Waals surface area contributed by atoms with E-state index in [0.717, 1.165) is 42.5 Å². The lowest BCUT2D eigenvalue weighted by atomic mass is 10.1. The number of rotatable bonds is 5. The van der Waals surface area contributed by atoms with Crippen molar-refractivity contribution in [1.82, 2.24) is 9.62 Å². The Morgan fingerprint density at radius 1 is 1.29 bits per heavy atom. The summed E-state index contributed by atoms with van der Waals surface area (Å²) in [5.74, 6) is -0.257. The fourth-order valence-corrected chi connectivity index (χ4v) is 5.58. The average molecular weight is 433 g/mol. The molecule has 1 fully saturated rings. The molecule has 0 aliphatic carbocycles. The van der Waals surface area contributed by atoms with Crippen molar-refractivity contribution in [3.8, 4) is 0 Å². The minimum absolute atomic E-state index is 0.0370. The summed E-state index contributed by atoms with van der Waals surface area (Å²) in [4.78, 5) is 2.26. The first kappa shape index (κ1) is 18.0. The van der Waals surface area contributed by atoms with Crippen molar-refractivity contribution in [2.45, 2.75) is 29.6 Å². The third kappa shape index (κ3) is 4.43. The maximum Gasteiger partial charge on any atom is 0.250 e. The molecular weight excluding hydrogens is 415 g/mol. The highest BCUT2D eigenvalue weighted by atomic mass is 79.9. The van der Waals surface area contributed by atoms with Crippen LogP contribution in [0.25, 0.3) is 0 Å². The van der Waals surface area contributed by atoms with E-state index in [1.807, 2.05) is 0 Å². The van der Waals surface area contributed by atoms with Crippen molar-refractivity contribution in [3.63, 3.8) is 0 Å². The molecule has 1 aromatic carbocycles. The Morgan fingerprint density at radius 2 is 2.04 bits per heavy atom. The molecule has 4 nitrogen and oxygen atoms in total. The molecule has 3 rings (SSSR count). The number of nitrogens with one attached hydrogen (secondary N) is 1. The molecule has 1 saturated heterocycles. The van der Waals surface area contributed by atoms with Gasteiger partial charge >= 0.3 is 0 Å². The van der Waals surface area contributed by atoms with Gasteiger partial charge in [0.05, 0.1) is 0 Å². The SMILES string of the molecule is O=S(=O)(NC1CCN(Cc2ccc(F)cc2Br)CC1)c1cccs1. The Kier molecular flexibility index (Phi) is 5.71. The maximum atomic E-state index is 13.1. The quantitative estimate of drug-likeness (QED) is 0.784. The summed E-state index contributed by atoms with van der Waals surface area (Å²) >= 11 is 4.62. The van der Waals surface area contributed by atoms with Crippen LogP contribution in [0.15, 0.2) is 44.4 Å². The highest BCUT2D eigenvalue weighted by molar-refractivity contribution is 9.10. The molecule has 24 heavy (non-hydrogen) atoms. The number of piperidine rings is 1. The van der Waals surface area contributed by atoms with E-state index in [9.17, 15) is 12.8 Å². The smallest absolute Gasteiger partial charge is 0.250 e. The van der Waals surface area contributed by atoms with Gasteiger partial charge in [-0.3, -0.25) is 4.90 Å². The first-order valence-electron chi connectivity index (χ1n) is 7.66. The van der Waals surface area contributed by atoms with Crippen LogP contribution < -0.4 is 4.72 Å². The molecule has 2 aromatic rings. The van der Waals surface area contributed by atoms with Gasteiger partial charge in [0.15, 0.2) is 0 Å². The van der Waals surface area contributed by atoms with E-state index in [2.05, 4.69) is 25.6 Å². The number of halogens is 2. The van der Waals surface area contributed by atoms with E-state index in [4.69, 9.17) is 0 Å². The summed E-state index contributed by atoms with van der Waals surface area (Å²) in [6.07, 6.45) is 1.53. The molecule has 1 aliphatic rings. The highest BCUT2D eigenvalue weighted by Crippen LogP contribution is 2.23. The summed E-state index contributed by atoms with van der Waals surface area (Å²) in [5.41, 5.74) is 1.04. The Labute approximate surface area is 153 Å². The fourth-order valence-electron chi connectivity index (χ4n) is 2.79. The summed E-state index contributed by atoms with van der Waals surface area (Å²) in [5, 5.41) is 1.76. The van der Waals surface area contributed by atoms with Gasteiger partial charge in [-0.15, -0.1) is 11.3 Å². The van der Waals surface area contributed by atoms with Crippen LogP contribution in [-0.2, 0) is 16.6 Å². The summed E-state index contributed by atoms with van der Waals surface area (Å²) in [6.45, 7) is 2.34. The minimum Gasteiger partial charge on any atom is -0.299 e. The zero-order valence-corrected chi connectivity index (χ0v) is 16.1. The van der Waals surface area contributed by atoms with Crippen molar-refractivity contribution in [1.29, 1.82) is 0 Å². The van der Waals surface area contributed by atoms with Gasteiger partial charge in [0.25, 0.3) is 0 Å². The van der Waals surface area contributed by atoms with Gasteiger partial charge in [0.2, 0.25) is 10.0 Å². The molecule has 0 unspecified atom stereocenters. The molecule has 0 bridgehead atoms. The van der Waals surface area contributed by atoms with Crippen LogP contribution in [0, 0.1) is 5.82 Å². The monoisotopic (exact) mass is 432 g/mol. The number of hydrogen-bond donors (Lipinski definition) is 1. The molecule has 0 saturated carbocycles. The molecule has 0 radical (unpaired) electrons. The van der Waals surface area contributed by atoms with Crippen LogP contribution in [0.5, 0.6) is 0 Å². The predicted octanol–water partition coefficient (Wildman–Crippen LogP) is 3.59. The van der Waals surface area contributed by atoms with Gasteiger partial charge in [-0.1, -0.05) is 28.1 Å². The molecule has 1 N–H and O–H groups in total. The first-order chi connectivity index (χ1) is 11.4. The molecule has 0 amide bonds. The van der Waals surface area contributed by atoms with Gasteiger partial charge in [-0.2, -0.15) is 0 Å². The minimum atomic E-state index is -3.40. The Morgan fingerprint density at radius 3 is 2.67 bits per heavy atom. The van der Waals surface area contributed by atoms with Gasteiger partial charge in [-0.25, -0.2) is 17.5 Å². The summed E-state index contributed by atoms with van der Waals surface area (Å²) in [6, 6.07) is 8.03. The Bertz CT molecular complexity index is 788. The zero-order valence-electron chi connectivity index (χ0n) is 12.9. The lowest BCUT2D eigenvalue weighted by Crippen LogP contribution is -2.44. The first-order valence-corrected chi connectivity index (χ1v) is 10.8. The fraction of sp³-hybridized carbons (Fsp3) is 0.375. The van der Waals surface area contributed by atoms with E-state index in [1.165, 1.54) is 23.5 Å². The number of sulfonamides is 1. The molecule has 2 heterocycles. The topological polar surface area (TPSA) is 49.4 Å². The van der Waals surface area contributed by atoms with Crippen LogP contribution in [0.2, 0.25) is 0 Å². The van der Waals surface area contributed by atoms with Gasteiger partial charge in [0.1, 0.15) is 10.0 Å². The van der Waals surface area contributed by atoms with Crippen LogP contribution in [0.1, 0.15) is 18.4 Å². The molecule has 1 aliphatic heterocycles. The molecule has 0 spiro atoms. The van der Waals surface area contributed by atoms with Crippen molar-refractivity contribution < 1.29 is 12.8 Å². The predicted molar refractivity (Wildman–Crippen MR) is 97.0 cm³/mol. The van der Waals surface area contributed by atoms with Gasteiger partial charge < -0.3 is 0 Å². The van der Waals surface area contributed by atoms with Crippen molar-refractivity contribution in [2.24, 2.45) is 0 Å². The second-order valence-corrected chi connectivity index (χ2v) is 9.58. The third-order valence-electron chi connectivity index (χ3n) is 4.08. The van der Waals surface area contributed by atoms with E-state index in [1.54, 1.807) is 23.6 Å². The number of likely N-dealkylation sites (tertiary alicyclic amines) is 1. The molecule has 8 heteroatoms. The normalized spacial score (nSPS) is 17.2. The maximum absolute atomic E-state index is 13.1. The van der Waals surface area contributed by atoms with Gasteiger partial charge in [-0.05, 0) is 42.0 Å². The van der Waals surface area contributed by atoms with E-state index < -0.39 is 10.0 Å². The average Bonchev–Trinajstić information content (AvgIpc) is 3.07. The highest BCUT2D eigenvalue weighted by Gasteiger charge is 2.25. The Hall–Kier alpha value is -0.800. The lowest BCUT2D eigenvalue weighted by Gasteiger charge is -2.32. The number of benzene rings is 1. The van der Waals surface area contributed by atoms with Crippen molar-refractivity contribution in [2.75, 3.05) is 13.1 Å². The summed E-state index contributed by atoms with van der Waals surface area (Å²) < 4.78 is 41.6. The second kappa shape index (κ2) is 7.61. The largest absolute Gasteiger partial charge is 0.299 e. The van der Waals surface area contributed by atoms with Crippen LogP contribution in [0.4, 0.5) is 4.39 Å². The molecular formula is C16H18BrFN2O2S2. The number of nitrogens with zero attached hydrogens (tertiary/aromatic N) is 1. The van der Waals surface area contributed by atoms with Crippen molar-refractivity contribution in [3.05, 3.63) is 51.6 Å². The molecule has 0 atom stereocenters. The third-order valence-corrected chi connectivity index (χ3v) is 7.73. The van der Waals surface area contributed by atoms with Crippen molar-refractivity contribution >= 4 is 37.3 Å². The standard InChI is InChI=1S/C16H18BrFN2O2S2/c17-15-10-13(18)4-3-12(15)11-20-7-5-14(6-8-20)19-24(21,22)16-2-1-9-23-16/h1-4,9-10,14,19H,5-8,11H2.